The second kappa shape index (κ2) is 47.8. The van der Waals surface area contributed by atoms with E-state index in [1.165, 1.54) is 89.9 Å². The number of allylic oxidation sites excluding steroid dienone is 10. The molecule has 59 heavy (non-hydrogen) atoms. The van der Waals surface area contributed by atoms with Crippen LogP contribution in [-0.4, -0.2) is 37.2 Å². The summed E-state index contributed by atoms with van der Waals surface area (Å²) in [5.41, 5.74) is 0. The Hall–Kier alpha value is -2.89. The van der Waals surface area contributed by atoms with Crippen LogP contribution in [-0.2, 0) is 28.6 Å². The van der Waals surface area contributed by atoms with Gasteiger partial charge in [-0.3, -0.25) is 14.4 Å². The highest BCUT2D eigenvalue weighted by Crippen LogP contribution is 2.15. The number of carbonyl (C=O) groups is 3. The van der Waals surface area contributed by atoms with E-state index in [1.54, 1.807) is 0 Å². The molecule has 0 aromatic carbocycles. The van der Waals surface area contributed by atoms with E-state index in [4.69, 9.17) is 14.2 Å². The third-order valence-electron chi connectivity index (χ3n) is 10.5. The van der Waals surface area contributed by atoms with Crippen molar-refractivity contribution in [2.75, 3.05) is 13.2 Å². The predicted octanol–water partition coefficient (Wildman–Crippen LogP) is 16.1. The van der Waals surface area contributed by atoms with E-state index in [-0.39, 0.29) is 31.1 Å². The summed E-state index contributed by atoms with van der Waals surface area (Å²) >= 11 is 0. The summed E-state index contributed by atoms with van der Waals surface area (Å²) in [5.74, 6) is -0.902. The van der Waals surface area contributed by atoms with Crippen LogP contribution in [0, 0.1) is 0 Å². The molecule has 0 heterocycles. The Bertz CT molecular complexity index is 1090. The molecule has 0 aliphatic heterocycles. The highest BCUT2D eigenvalue weighted by Gasteiger charge is 2.19. The standard InChI is InChI=1S/C53H92O6/c1-4-7-10-13-14-15-16-17-18-19-20-21-22-23-24-25-26-27-28-29-30-31-32-33-34-35-36-37-38-41-43-46-52(55)58-49-50(59-53(56)47-44-40-12-9-6-3)48-57-51(54)45-42-39-11-8-5-2/h7,10,14-15,17-18,20-21,23-24,50H,4-6,8-9,11-13,16,19,22,25-49H2,1-3H3/b10-7-,15-14-,18-17-,21-20-,24-23-. The zero-order valence-electron chi connectivity index (χ0n) is 38.8. The maximum absolute atomic E-state index is 12.5. The van der Waals surface area contributed by atoms with Crippen LogP contribution in [0.15, 0.2) is 60.8 Å². The molecule has 0 saturated carbocycles. The van der Waals surface area contributed by atoms with Crippen LogP contribution in [0.1, 0.15) is 239 Å². The Morgan fingerprint density at radius 1 is 0.356 bits per heavy atom. The Morgan fingerprint density at radius 3 is 1.03 bits per heavy atom. The lowest BCUT2D eigenvalue weighted by atomic mass is 10.0. The lowest BCUT2D eigenvalue weighted by molar-refractivity contribution is -0.167. The van der Waals surface area contributed by atoms with Gasteiger partial charge in [0, 0.05) is 19.3 Å². The molecule has 0 amide bonds. The number of esters is 3. The van der Waals surface area contributed by atoms with E-state index < -0.39 is 6.10 Å². The van der Waals surface area contributed by atoms with Crippen molar-refractivity contribution in [3.63, 3.8) is 0 Å². The fourth-order valence-corrected chi connectivity index (χ4v) is 6.82. The van der Waals surface area contributed by atoms with Crippen LogP contribution in [0.25, 0.3) is 0 Å². The molecule has 0 spiro atoms. The maximum Gasteiger partial charge on any atom is 0.306 e. The number of hydrogen-bond donors (Lipinski definition) is 0. The molecule has 1 unspecified atom stereocenters. The molecule has 0 aliphatic carbocycles. The topological polar surface area (TPSA) is 78.9 Å². The predicted molar refractivity (Wildman–Crippen MR) is 251 cm³/mol. The average molecular weight is 825 g/mol. The van der Waals surface area contributed by atoms with Crippen LogP contribution in [0.5, 0.6) is 0 Å². The van der Waals surface area contributed by atoms with Gasteiger partial charge < -0.3 is 14.2 Å². The Labute approximate surface area is 364 Å². The SMILES string of the molecule is CC/C=C\C/C=C\C/C=C\C/C=C\C/C=C\CCCCCCCCCCCCCCCCCC(=O)OCC(COC(=O)CCCCCCC)OC(=O)CCCCCCC. The summed E-state index contributed by atoms with van der Waals surface area (Å²) in [4.78, 5) is 37.2. The number of hydrogen-bond acceptors (Lipinski definition) is 6. The molecule has 1 atom stereocenters. The molecule has 0 rings (SSSR count). The van der Waals surface area contributed by atoms with Gasteiger partial charge in [-0.25, -0.2) is 0 Å². The van der Waals surface area contributed by atoms with Gasteiger partial charge in [0.05, 0.1) is 0 Å². The molecule has 0 aromatic rings. The number of rotatable bonds is 44. The Balaban J connectivity index is 3.80. The van der Waals surface area contributed by atoms with Crippen molar-refractivity contribution in [3.05, 3.63) is 60.8 Å². The smallest absolute Gasteiger partial charge is 0.306 e. The highest BCUT2D eigenvalue weighted by molar-refractivity contribution is 5.71. The molecule has 0 N–H and O–H groups in total. The molecule has 340 valence electrons. The zero-order chi connectivity index (χ0) is 43.0. The molecular weight excluding hydrogens is 733 g/mol. The second-order valence-electron chi connectivity index (χ2n) is 16.4. The molecule has 0 saturated heterocycles. The molecule has 0 bridgehead atoms. The van der Waals surface area contributed by atoms with Crippen LogP contribution >= 0.6 is 0 Å². The molecule has 0 fully saturated rings. The van der Waals surface area contributed by atoms with Crippen molar-refractivity contribution >= 4 is 17.9 Å². The van der Waals surface area contributed by atoms with E-state index in [1.807, 2.05) is 0 Å². The van der Waals surface area contributed by atoms with Gasteiger partial charge in [0.1, 0.15) is 13.2 Å². The lowest BCUT2D eigenvalue weighted by Crippen LogP contribution is -2.30. The summed E-state index contributed by atoms with van der Waals surface area (Å²) < 4.78 is 16.5. The van der Waals surface area contributed by atoms with Crippen molar-refractivity contribution in [1.82, 2.24) is 0 Å². The summed E-state index contributed by atoms with van der Waals surface area (Å²) in [6.07, 6.45) is 58.8. The van der Waals surface area contributed by atoms with E-state index in [9.17, 15) is 14.4 Å². The van der Waals surface area contributed by atoms with E-state index >= 15 is 0 Å². The second-order valence-corrected chi connectivity index (χ2v) is 16.4. The van der Waals surface area contributed by atoms with Crippen molar-refractivity contribution in [2.24, 2.45) is 0 Å². The molecular formula is C53H92O6. The van der Waals surface area contributed by atoms with Gasteiger partial charge in [-0.15, -0.1) is 0 Å². The van der Waals surface area contributed by atoms with Gasteiger partial charge in [0.25, 0.3) is 0 Å². The molecule has 6 nitrogen and oxygen atoms in total. The van der Waals surface area contributed by atoms with Gasteiger partial charge in [-0.2, -0.15) is 0 Å². The van der Waals surface area contributed by atoms with Crippen LogP contribution in [0.3, 0.4) is 0 Å². The molecule has 0 aliphatic rings. The average Bonchev–Trinajstić information content (AvgIpc) is 3.23. The fraction of sp³-hybridized carbons (Fsp3) is 0.755. The molecule has 6 heteroatoms. The zero-order valence-corrected chi connectivity index (χ0v) is 38.8. The van der Waals surface area contributed by atoms with Crippen molar-refractivity contribution in [2.45, 2.75) is 245 Å². The Morgan fingerprint density at radius 2 is 0.661 bits per heavy atom. The first-order valence-corrected chi connectivity index (χ1v) is 24.8. The first-order chi connectivity index (χ1) is 29.0. The quantitative estimate of drug-likeness (QED) is 0.0263. The monoisotopic (exact) mass is 825 g/mol. The van der Waals surface area contributed by atoms with E-state index in [0.29, 0.717) is 19.3 Å². The summed E-state index contributed by atoms with van der Waals surface area (Å²) in [6, 6.07) is 0. The normalized spacial score (nSPS) is 12.5. The minimum atomic E-state index is -0.762. The van der Waals surface area contributed by atoms with E-state index in [2.05, 4.69) is 81.5 Å². The van der Waals surface area contributed by atoms with Crippen LogP contribution < -0.4 is 0 Å². The third-order valence-corrected chi connectivity index (χ3v) is 10.5. The summed E-state index contributed by atoms with van der Waals surface area (Å²) in [5, 5.41) is 0. The third kappa shape index (κ3) is 46.0. The lowest BCUT2D eigenvalue weighted by Gasteiger charge is -2.18. The van der Waals surface area contributed by atoms with Crippen molar-refractivity contribution < 1.29 is 28.6 Å². The van der Waals surface area contributed by atoms with Crippen molar-refractivity contribution in [1.29, 1.82) is 0 Å². The van der Waals surface area contributed by atoms with E-state index in [0.717, 1.165) is 109 Å². The van der Waals surface area contributed by atoms with Crippen molar-refractivity contribution in [3.8, 4) is 0 Å². The first kappa shape index (κ1) is 56.1. The first-order valence-electron chi connectivity index (χ1n) is 24.8. The number of unbranched alkanes of at least 4 members (excludes halogenated alkanes) is 23. The van der Waals surface area contributed by atoms with Gasteiger partial charge in [-0.05, 0) is 64.2 Å². The largest absolute Gasteiger partial charge is 0.462 e. The van der Waals surface area contributed by atoms with Gasteiger partial charge in [0.2, 0.25) is 0 Å². The summed E-state index contributed by atoms with van der Waals surface area (Å²) in [6.45, 7) is 6.35. The van der Waals surface area contributed by atoms with Gasteiger partial charge in [-0.1, -0.05) is 216 Å². The van der Waals surface area contributed by atoms with Gasteiger partial charge in [0.15, 0.2) is 6.10 Å². The number of ether oxygens (including phenoxy) is 3. The minimum Gasteiger partial charge on any atom is -0.462 e. The number of carbonyl (C=O) groups excluding carboxylic acids is 3. The molecule has 0 aromatic heterocycles. The minimum absolute atomic E-state index is 0.0728. The molecule has 0 radical (unpaired) electrons. The van der Waals surface area contributed by atoms with Gasteiger partial charge >= 0.3 is 17.9 Å². The maximum atomic E-state index is 12.5. The van der Waals surface area contributed by atoms with Crippen LogP contribution in [0.2, 0.25) is 0 Å². The highest BCUT2D eigenvalue weighted by atomic mass is 16.6. The fourth-order valence-electron chi connectivity index (χ4n) is 6.82. The Kier molecular flexibility index (Phi) is 45.4. The van der Waals surface area contributed by atoms with Crippen LogP contribution in [0.4, 0.5) is 0 Å². The summed E-state index contributed by atoms with van der Waals surface area (Å²) in [7, 11) is 0.